The fraction of sp³-hybridized carbons (Fsp3) is 0.231. The Balaban J connectivity index is 1.85. The van der Waals surface area contributed by atoms with Gasteiger partial charge in [0, 0.05) is 24.5 Å². The molecule has 0 saturated carbocycles. The van der Waals surface area contributed by atoms with E-state index < -0.39 is 0 Å². The Labute approximate surface area is 124 Å². The van der Waals surface area contributed by atoms with Crippen LogP contribution in [-0.4, -0.2) is 23.3 Å². The summed E-state index contributed by atoms with van der Waals surface area (Å²) in [7, 11) is 0. The molecular weight excluding hydrogens is 324 g/mol. The Morgan fingerprint density at radius 1 is 1.30 bits per heavy atom. The van der Waals surface area contributed by atoms with E-state index in [9.17, 15) is 0 Å². The SMILES string of the molecule is CCNc1ncc(Br)c(Nc2ccc3c(c2)OCO3)n1. The molecule has 2 N–H and O–H groups in total. The van der Waals surface area contributed by atoms with Crippen molar-refractivity contribution in [3.63, 3.8) is 0 Å². The number of anilines is 3. The number of benzene rings is 1. The number of aromatic nitrogens is 2. The molecule has 0 saturated heterocycles. The van der Waals surface area contributed by atoms with Gasteiger partial charge >= 0.3 is 0 Å². The Morgan fingerprint density at radius 2 is 2.15 bits per heavy atom. The molecule has 1 aliphatic heterocycles. The monoisotopic (exact) mass is 336 g/mol. The summed E-state index contributed by atoms with van der Waals surface area (Å²) in [5.74, 6) is 2.76. The summed E-state index contributed by atoms with van der Waals surface area (Å²) in [6.45, 7) is 3.03. The van der Waals surface area contributed by atoms with Gasteiger partial charge in [-0.15, -0.1) is 0 Å². The van der Waals surface area contributed by atoms with Gasteiger partial charge in [-0.25, -0.2) is 4.98 Å². The van der Waals surface area contributed by atoms with Crippen molar-refractivity contribution < 1.29 is 9.47 Å². The van der Waals surface area contributed by atoms with Gasteiger partial charge in [0.15, 0.2) is 11.5 Å². The first-order valence-corrected chi connectivity index (χ1v) is 6.98. The first-order valence-electron chi connectivity index (χ1n) is 6.19. The molecule has 0 atom stereocenters. The lowest BCUT2D eigenvalue weighted by atomic mass is 10.3. The second-order valence-electron chi connectivity index (χ2n) is 4.11. The summed E-state index contributed by atoms with van der Waals surface area (Å²) in [6, 6.07) is 5.66. The average Bonchev–Trinajstić information content (AvgIpc) is 2.90. The maximum absolute atomic E-state index is 5.35. The maximum Gasteiger partial charge on any atom is 0.231 e. The summed E-state index contributed by atoms with van der Waals surface area (Å²) in [4.78, 5) is 8.57. The van der Waals surface area contributed by atoms with E-state index in [2.05, 4.69) is 36.5 Å². The van der Waals surface area contributed by atoms with Crippen LogP contribution in [0.25, 0.3) is 0 Å². The molecule has 7 heteroatoms. The van der Waals surface area contributed by atoms with Gasteiger partial charge < -0.3 is 20.1 Å². The highest BCUT2D eigenvalue weighted by molar-refractivity contribution is 9.10. The molecule has 0 aliphatic carbocycles. The number of nitrogens with zero attached hydrogens (tertiary/aromatic N) is 2. The Morgan fingerprint density at radius 3 is 3.00 bits per heavy atom. The smallest absolute Gasteiger partial charge is 0.231 e. The summed E-state index contributed by atoms with van der Waals surface area (Å²) in [6.07, 6.45) is 1.71. The highest BCUT2D eigenvalue weighted by Gasteiger charge is 2.14. The van der Waals surface area contributed by atoms with Crippen LogP contribution in [0.3, 0.4) is 0 Å². The van der Waals surface area contributed by atoms with E-state index in [1.54, 1.807) is 6.20 Å². The average molecular weight is 337 g/mol. The van der Waals surface area contributed by atoms with E-state index in [0.29, 0.717) is 11.8 Å². The van der Waals surface area contributed by atoms with E-state index >= 15 is 0 Å². The van der Waals surface area contributed by atoms with Crippen molar-refractivity contribution in [2.24, 2.45) is 0 Å². The Bertz CT molecular complexity index is 636. The second-order valence-corrected chi connectivity index (χ2v) is 4.97. The highest BCUT2D eigenvalue weighted by Crippen LogP contribution is 2.35. The topological polar surface area (TPSA) is 68.3 Å². The number of halogens is 1. The minimum Gasteiger partial charge on any atom is -0.454 e. The molecule has 1 aliphatic rings. The third kappa shape index (κ3) is 2.62. The van der Waals surface area contributed by atoms with E-state index in [4.69, 9.17) is 9.47 Å². The highest BCUT2D eigenvalue weighted by atomic mass is 79.9. The number of fused-ring (bicyclic) bond motifs is 1. The molecular formula is C13H13BrN4O2. The molecule has 104 valence electrons. The van der Waals surface area contributed by atoms with E-state index in [-0.39, 0.29) is 6.79 Å². The van der Waals surface area contributed by atoms with Crippen LogP contribution in [0.15, 0.2) is 28.9 Å². The van der Waals surface area contributed by atoms with Gasteiger partial charge in [0.1, 0.15) is 5.82 Å². The van der Waals surface area contributed by atoms with E-state index in [0.717, 1.165) is 28.2 Å². The lowest BCUT2D eigenvalue weighted by Gasteiger charge is -2.10. The van der Waals surface area contributed by atoms with E-state index in [1.165, 1.54) is 0 Å². The van der Waals surface area contributed by atoms with Crippen molar-refractivity contribution in [3.05, 3.63) is 28.9 Å². The molecule has 3 rings (SSSR count). The number of hydrogen-bond acceptors (Lipinski definition) is 6. The quantitative estimate of drug-likeness (QED) is 0.893. The van der Waals surface area contributed by atoms with Gasteiger partial charge in [0.05, 0.1) is 4.47 Å². The van der Waals surface area contributed by atoms with Crippen LogP contribution in [0.2, 0.25) is 0 Å². The molecule has 2 heterocycles. The van der Waals surface area contributed by atoms with Gasteiger partial charge in [-0.1, -0.05) is 0 Å². The molecule has 1 aromatic carbocycles. The Kier molecular flexibility index (Phi) is 3.60. The molecule has 0 unspecified atom stereocenters. The van der Waals surface area contributed by atoms with Crippen LogP contribution in [-0.2, 0) is 0 Å². The van der Waals surface area contributed by atoms with E-state index in [1.807, 2.05) is 25.1 Å². The molecule has 0 radical (unpaired) electrons. The predicted octanol–water partition coefficient (Wildman–Crippen LogP) is 3.14. The normalized spacial score (nSPS) is 12.3. The first kappa shape index (κ1) is 13.0. The number of ether oxygens (including phenoxy) is 2. The van der Waals surface area contributed by atoms with Crippen molar-refractivity contribution in [1.29, 1.82) is 0 Å². The zero-order chi connectivity index (χ0) is 13.9. The van der Waals surface area contributed by atoms with Crippen LogP contribution in [0.4, 0.5) is 17.5 Å². The summed E-state index contributed by atoms with van der Waals surface area (Å²) in [5.41, 5.74) is 0.871. The van der Waals surface area contributed by atoms with Gasteiger partial charge in [-0.05, 0) is 35.0 Å². The first-order chi connectivity index (χ1) is 9.76. The molecule has 20 heavy (non-hydrogen) atoms. The van der Waals surface area contributed by atoms with Crippen molar-refractivity contribution in [2.75, 3.05) is 24.0 Å². The molecule has 0 fully saturated rings. The fourth-order valence-corrected chi connectivity index (χ4v) is 2.10. The van der Waals surface area contributed by atoms with Crippen LogP contribution in [0.1, 0.15) is 6.92 Å². The van der Waals surface area contributed by atoms with Crippen molar-refractivity contribution in [1.82, 2.24) is 9.97 Å². The zero-order valence-corrected chi connectivity index (χ0v) is 12.4. The number of rotatable bonds is 4. The third-order valence-corrected chi connectivity index (χ3v) is 3.29. The van der Waals surface area contributed by atoms with Crippen LogP contribution >= 0.6 is 15.9 Å². The van der Waals surface area contributed by atoms with Crippen LogP contribution < -0.4 is 20.1 Å². The van der Waals surface area contributed by atoms with Gasteiger partial charge in [-0.3, -0.25) is 0 Å². The third-order valence-electron chi connectivity index (χ3n) is 2.71. The molecule has 6 nitrogen and oxygen atoms in total. The standard InChI is InChI=1S/C13H13BrN4O2/c1-2-15-13-16-6-9(14)12(18-13)17-8-3-4-10-11(5-8)20-7-19-10/h3-6H,2,7H2,1H3,(H2,15,16,17,18). The molecule has 0 spiro atoms. The molecule has 0 amide bonds. The minimum atomic E-state index is 0.264. The number of hydrogen-bond donors (Lipinski definition) is 2. The number of nitrogens with one attached hydrogen (secondary N) is 2. The fourth-order valence-electron chi connectivity index (χ4n) is 1.81. The summed E-state index contributed by atoms with van der Waals surface area (Å²) < 4.78 is 11.4. The lowest BCUT2D eigenvalue weighted by molar-refractivity contribution is 0.174. The van der Waals surface area contributed by atoms with Gasteiger partial charge in [0.25, 0.3) is 0 Å². The minimum absolute atomic E-state index is 0.264. The van der Waals surface area contributed by atoms with Crippen LogP contribution in [0.5, 0.6) is 11.5 Å². The Hall–Kier alpha value is -2.02. The van der Waals surface area contributed by atoms with Gasteiger partial charge in [0.2, 0.25) is 12.7 Å². The zero-order valence-electron chi connectivity index (χ0n) is 10.8. The largest absolute Gasteiger partial charge is 0.454 e. The maximum atomic E-state index is 5.35. The molecule has 0 bridgehead atoms. The molecule has 2 aromatic rings. The van der Waals surface area contributed by atoms with Crippen molar-refractivity contribution >= 4 is 33.4 Å². The predicted molar refractivity (Wildman–Crippen MR) is 79.7 cm³/mol. The lowest BCUT2D eigenvalue weighted by Crippen LogP contribution is -2.04. The summed E-state index contributed by atoms with van der Waals surface area (Å²) in [5, 5.41) is 6.30. The van der Waals surface area contributed by atoms with Gasteiger partial charge in [-0.2, -0.15) is 4.98 Å². The summed E-state index contributed by atoms with van der Waals surface area (Å²) >= 11 is 3.43. The van der Waals surface area contributed by atoms with Crippen LogP contribution in [0, 0.1) is 0 Å². The van der Waals surface area contributed by atoms with Crippen molar-refractivity contribution in [2.45, 2.75) is 6.92 Å². The molecule has 1 aromatic heterocycles. The van der Waals surface area contributed by atoms with Crippen molar-refractivity contribution in [3.8, 4) is 11.5 Å². The second kappa shape index (κ2) is 5.54.